The van der Waals surface area contributed by atoms with E-state index >= 15 is 0 Å². The zero-order chi connectivity index (χ0) is 27.6. The van der Waals surface area contributed by atoms with Gasteiger partial charge in [-0.15, -0.1) is 0 Å². The summed E-state index contributed by atoms with van der Waals surface area (Å²) < 4.78 is 29.7. The Hall–Kier alpha value is -3.22. The number of carbonyl (C=O) groups excluding carboxylic acids is 1. The Morgan fingerprint density at radius 1 is 1.21 bits per heavy atom. The molecule has 3 aliphatic rings. The highest BCUT2D eigenvalue weighted by Crippen LogP contribution is 2.25. The third kappa shape index (κ3) is 6.25. The van der Waals surface area contributed by atoms with Crippen LogP contribution in [0.3, 0.4) is 0 Å². The minimum Gasteiger partial charge on any atom is -0.480 e. The fourth-order valence-corrected chi connectivity index (χ4v) is 6.49. The van der Waals surface area contributed by atoms with Crippen LogP contribution >= 0.6 is 0 Å². The number of likely N-dealkylation sites (N-methyl/N-ethyl adjacent to an activating group) is 1. The smallest absolute Gasteiger partial charge is 0.326 e. The molecule has 0 spiro atoms. The van der Waals surface area contributed by atoms with E-state index in [1.807, 2.05) is 26.1 Å². The number of carboxylic acid groups (broad SMARTS) is 1. The van der Waals surface area contributed by atoms with Crippen molar-refractivity contribution in [2.24, 2.45) is 5.73 Å². The SMILES string of the molecule is CC1=CCN(C(=O)[C@H](CC2=CCCN(C(=N)N)C2)NS(=O)(=O)c2ccc3c(c2)CN(C)CC3)[C@@H](C(=O)O)C1. The number of fused-ring (bicyclic) bond motifs is 1. The number of nitrogens with zero attached hydrogens (tertiary/aromatic N) is 3. The van der Waals surface area contributed by atoms with Crippen LogP contribution in [-0.4, -0.2) is 91.4 Å². The Kier molecular flexibility index (Phi) is 8.24. The molecule has 2 atom stereocenters. The van der Waals surface area contributed by atoms with Crippen LogP contribution in [0.2, 0.25) is 0 Å². The molecule has 5 N–H and O–H groups in total. The fourth-order valence-electron chi connectivity index (χ4n) is 5.25. The lowest BCUT2D eigenvalue weighted by Gasteiger charge is -2.35. The summed E-state index contributed by atoms with van der Waals surface area (Å²) >= 11 is 0. The molecule has 0 unspecified atom stereocenters. The molecule has 1 amide bonds. The average molecular weight is 545 g/mol. The second kappa shape index (κ2) is 11.3. The Balaban J connectivity index is 1.64. The van der Waals surface area contributed by atoms with Gasteiger partial charge < -0.3 is 25.5 Å². The third-order valence-electron chi connectivity index (χ3n) is 7.42. The maximum atomic E-state index is 13.8. The van der Waals surface area contributed by atoms with Crippen LogP contribution in [0.1, 0.15) is 37.3 Å². The number of aliphatic carboxylic acids is 1. The number of amides is 1. The molecule has 38 heavy (non-hydrogen) atoms. The van der Waals surface area contributed by atoms with Crippen molar-refractivity contribution in [3.8, 4) is 0 Å². The van der Waals surface area contributed by atoms with E-state index in [0.29, 0.717) is 26.1 Å². The molecule has 11 nitrogen and oxygen atoms in total. The number of hydrogen-bond donors (Lipinski definition) is 4. The van der Waals surface area contributed by atoms with Gasteiger partial charge in [0.2, 0.25) is 15.9 Å². The summed E-state index contributed by atoms with van der Waals surface area (Å²) in [5.74, 6) is -1.82. The van der Waals surface area contributed by atoms with E-state index in [0.717, 1.165) is 35.2 Å². The van der Waals surface area contributed by atoms with Crippen LogP contribution in [0.4, 0.5) is 0 Å². The van der Waals surface area contributed by atoms with Crippen LogP contribution in [0, 0.1) is 5.41 Å². The minimum atomic E-state index is -4.11. The van der Waals surface area contributed by atoms with E-state index in [4.69, 9.17) is 11.1 Å². The van der Waals surface area contributed by atoms with Crippen LogP contribution in [0.15, 0.2) is 46.4 Å². The van der Waals surface area contributed by atoms with Gasteiger partial charge in [-0.05, 0) is 62.9 Å². The topological polar surface area (TPSA) is 160 Å². The van der Waals surface area contributed by atoms with Crippen molar-refractivity contribution in [2.45, 2.75) is 56.1 Å². The molecule has 0 saturated heterocycles. The molecule has 0 radical (unpaired) electrons. The van der Waals surface area contributed by atoms with Crippen molar-refractivity contribution in [3.63, 3.8) is 0 Å². The summed E-state index contributed by atoms with van der Waals surface area (Å²) in [5, 5.41) is 17.6. The molecule has 1 aromatic carbocycles. The van der Waals surface area contributed by atoms with Crippen LogP contribution in [-0.2, 0) is 32.6 Å². The van der Waals surface area contributed by atoms with Crippen molar-refractivity contribution in [2.75, 3.05) is 33.2 Å². The van der Waals surface area contributed by atoms with E-state index in [-0.39, 0.29) is 30.2 Å². The second-order valence-corrected chi connectivity index (χ2v) is 12.1. The van der Waals surface area contributed by atoms with Crippen LogP contribution in [0.5, 0.6) is 0 Å². The normalized spacial score (nSPS) is 21.3. The first-order chi connectivity index (χ1) is 17.9. The molecular formula is C26H36N6O5S. The van der Waals surface area contributed by atoms with Gasteiger partial charge in [-0.25, -0.2) is 13.2 Å². The highest BCUT2D eigenvalue weighted by molar-refractivity contribution is 7.89. The summed E-state index contributed by atoms with van der Waals surface area (Å²) in [6, 6.07) is 2.73. The van der Waals surface area contributed by atoms with Gasteiger partial charge in [0.25, 0.3) is 0 Å². The predicted molar refractivity (Wildman–Crippen MR) is 143 cm³/mol. The second-order valence-electron chi connectivity index (χ2n) is 10.4. The van der Waals surface area contributed by atoms with Gasteiger partial charge in [-0.1, -0.05) is 29.4 Å². The summed E-state index contributed by atoms with van der Waals surface area (Å²) in [6.45, 7) is 4.29. The van der Waals surface area contributed by atoms with Crippen molar-refractivity contribution in [3.05, 3.63) is 52.6 Å². The van der Waals surface area contributed by atoms with E-state index in [1.165, 1.54) is 4.90 Å². The van der Waals surface area contributed by atoms with Gasteiger partial charge in [0.1, 0.15) is 12.1 Å². The van der Waals surface area contributed by atoms with Crippen molar-refractivity contribution in [1.82, 2.24) is 19.4 Å². The average Bonchev–Trinajstić information content (AvgIpc) is 2.87. The molecule has 0 bridgehead atoms. The number of carboxylic acids is 1. The number of hydrogen-bond acceptors (Lipinski definition) is 6. The number of guanidine groups is 1. The molecule has 3 heterocycles. The van der Waals surface area contributed by atoms with Crippen molar-refractivity contribution in [1.29, 1.82) is 5.41 Å². The van der Waals surface area contributed by atoms with Crippen molar-refractivity contribution < 1.29 is 23.1 Å². The zero-order valence-electron chi connectivity index (χ0n) is 21.8. The Labute approximate surface area is 223 Å². The van der Waals surface area contributed by atoms with Gasteiger partial charge in [0.15, 0.2) is 5.96 Å². The molecule has 0 saturated carbocycles. The molecule has 0 aliphatic carbocycles. The molecule has 206 valence electrons. The van der Waals surface area contributed by atoms with Crippen molar-refractivity contribution >= 4 is 27.9 Å². The summed E-state index contributed by atoms with van der Waals surface area (Å²) in [4.78, 5) is 30.8. The van der Waals surface area contributed by atoms with Gasteiger partial charge in [-0.3, -0.25) is 10.2 Å². The lowest BCUT2D eigenvalue weighted by molar-refractivity contribution is -0.150. The highest BCUT2D eigenvalue weighted by atomic mass is 32.2. The van der Waals surface area contributed by atoms with Gasteiger partial charge in [0, 0.05) is 32.7 Å². The predicted octanol–water partition coefficient (Wildman–Crippen LogP) is 0.869. The zero-order valence-corrected chi connectivity index (χ0v) is 22.6. The molecule has 0 aromatic heterocycles. The Morgan fingerprint density at radius 3 is 2.68 bits per heavy atom. The van der Waals surface area contributed by atoms with Gasteiger partial charge in [0.05, 0.1) is 4.90 Å². The quantitative estimate of drug-likeness (QED) is 0.223. The van der Waals surface area contributed by atoms with Crippen LogP contribution in [0.25, 0.3) is 0 Å². The number of carbonyl (C=O) groups is 2. The van der Waals surface area contributed by atoms with Gasteiger partial charge >= 0.3 is 5.97 Å². The van der Waals surface area contributed by atoms with Crippen LogP contribution < -0.4 is 10.5 Å². The highest BCUT2D eigenvalue weighted by Gasteiger charge is 2.38. The molecule has 3 aliphatic heterocycles. The molecule has 0 fully saturated rings. The van der Waals surface area contributed by atoms with E-state index < -0.39 is 34.0 Å². The molecular weight excluding hydrogens is 508 g/mol. The fraction of sp³-hybridized carbons (Fsp3) is 0.500. The Bertz CT molecular complexity index is 1290. The number of sulfonamides is 1. The number of nitrogens with two attached hydrogens (primary N) is 1. The molecule has 1 aromatic rings. The first-order valence-corrected chi connectivity index (χ1v) is 14.2. The summed E-state index contributed by atoms with van der Waals surface area (Å²) in [6.07, 6.45) is 5.38. The third-order valence-corrected chi connectivity index (χ3v) is 8.89. The maximum Gasteiger partial charge on any atom is 0.326 e. The molecule has 12 heteroatoms. The monoisotopic (exact) mass is 544 g/mol. The lowest BCUT2D eigenvalue weighted by Crippen LogP contribution is -2.55. The first-order valence-electron chi connectivity index (χ1n) is 12.7. The minimum absolute atomic E-state index is 0.0427. The lowest BCUT2D eigenvalue weighted by atomic mass is 9.97. The number of benzene rings is 1. The van der Waals surface area contributed by atoms with Gasteiger partial charge in [-0.2, -0.15) is 4.72 Å². The standard InChI is InChI=1S/C26H36N6O5S/c1-17-7-11-32(23(12-17)25(34)35)24(33)22(13-18-4-3-9-31(15-18)26(27)28)29-38(36,37)21-6-5-19-8-10-30(2)16-20(19)14-21/h4-7,14,22-23,29H,3,8-13,15-16H2,1-2H3,(H3,27,28)(H,34,35)/t22-,23+/m0/s1. The largest absolute Gasteiger partial charge is 0.480 e. The molecule has 4 rings (SSSR count). The van der Waals surface area contributed by atoms with E-state index in [9.17, 15) is 23.1 Å². The van der Waals surface area contributed by atoms with E-state index in [1.54, 1.807) is 23.1 Å². The Morgan fingerprint density at radius 2 is 1.97 bits per heavy atom. The number of rotatable bonds is 7. The maximum absolute atomic E-state index is 13.8. The van der Waals surface area contributed by atoms with E-state index in [2.05, 4.69) is 9.62 Å². The number of nitrogens with one attached hydrogen (secondary N) is 2. The summed E-state index contributed by atoms with van der Waals surface area (Å²) in [7, 11) is -2.13. The first kappa shape index (κ1) is 27.8. The summed E-state index contributed by atoms with van der Waals surface area (Å²) in [5.41, 5.74) is 9.32.